The number of carbonyl (C=O) groups is 1. The molecule has 1 atom stereocenters. The Morgan fingerprint density at radius 3 is 2.70 bits per heavy atom. The number of rotatable bonds is 6. The van der Waals surface area contributed by atoms with Gasteiger partial charge in [0.15, 0.2) is 11.9 Å². The van der Waals surface area contributed by atoms with Crippen molar-refractivity contribution in [1.82, 2.24) is 10.1 Å². The van der Waals surface area contributed by atoms with Gasteiger partial charge >= 0.3 is 0 Å². The lowest BCUT2D eigenvalue weighted by Crippen LogP contribution is -2.37. The molecule has 0 N–H and O–H groups in total. The lowest BCUT2D eigenvalue weighted by atomic mass is 10.1. The minimum absolute atomic E-state index is 0.146. The number of hydrogen-bond acceptors (Lipinski definition) is 4. The van der Waals surface area contributed by atoms with Crippen LogP contribution in [0.3, 0.4) is 0 Å². The summed E-state index contributed by atoms with van der Waals surface area (Å²) < 4.78 is 10.9. The predicted octanol–water partition coefficient (Wildman–Crippen LogP) is 3.88. The van der Waals surface area contributed by atoms with E-state index < -0.39 is 6.10 Å². The van der Waals surface area contributed by atoms with E-state index in [9.17, 15) is 4.79 Å². The summed E-state index contributed by atoms with van der Waals surface area (Å²) in [7, 11) is 1.71. The van der Waals surface area contributed by atoms with Crippen LogP contribution in [0.25, 0.3) is 0 Å². The van der Waals surface area contributed by atoms with E-state index >= 15 is 0 Å². The highest BCUT2D eigenvalue weighted by Crippen LogP contribution is 2.19. The van der Waals surface area contributed by atoms with Crippen molar-refractivity contribution in [3.05, 3.63) is 46.8 Å². The number of halogens is 1. The maximum absolute atomic E-state index is 12.4. The van der Waals surface area contributed by atoms with Crippen LogP contribution >= 0.6 is 11.6 Å². The van der Waals surface area contributed by atoms with E-state index in [1.807, 2.05) is 19.9 Å². The molecule has 6 heteroatoms. The van der Waals surface area contributed by atoms with Crippen molar-refractivity contribution in [2.75, 3.05) is 7.05 Å². The minimum Gasteiger partial charge on any atom is -0.481 e. The van der Waals surface area contributed by atoms with Gasteiger partial charge in [-0.2, -0.15) is 0 Å². The van der Waals surface area contributed by atoms with Gasteiger partial charge in [-0.15, -0.1) is 0 Å². The highest BCUT2D eigenvalue weighted by atomic mass is 35.5. The molecule has 0 aliphatic rings. The third kappa shape index (κ3) is 4.73. The average Bonchev–Trinajstić information content (AvgIpc) is 2.95. The number of hydrogen-bond donors (Lipinski definition) is 0. The highest BCUT2D eigenvalue weighted by Gasteiger charge is 2.21. The van der Waals surface area contributed by atoms with E-state index in [-0.39, 0.29) is 5.91 Å². The Hall–Kier alpha value is -2.01. The molecule has 0 saturated carbocycles. The summed E-state index contributed by atoms with van der Waals surface area (Å²) in [6.07, 6.45) is -0.619. The van der Waals surface area contributed by atoms with Crippen LogP contribution in [0, 0.1) is 0 Å². The summed E-state index contributed by atoms with van der Waals surface area (Å²) in [5.41, 5.74) is 0.879. The molecule has 0 fully saturated rings. The lowest BCUT2D eigenvalue weighted by molar-refractivity contribution is -0.137. The molecule has 5 nitrogen and oxygen atoms in total. The van der Waals surface area contributed by atoms with Gasteiger partial charge in [-0.05, 0) is 31.0 Å². The quantitative estimate of drug-likeness (QED) is 0.803. The maximum atomic E-state index is 12.4. The normalized spacial score (nSPS) is 12.3. The van der Waals surface area contributed by atoms with E-state index in [0.29, 0.717) is 29.0 Å². The number of aromatic nitrogens is 1. The van der Waals surface area contributed by atoms with Crippen molar-refractivity contribution in [2.45, 2.75) is 39.3 Å². The van der Waals surface area contributed by atoms with Crippen LogP contribution in [-0.4, -0.2) is 29.1 Å². The van der Waals surface area contributed by atoms with Crippen LogP contribution in [0.1, 0.15) is 38.1 Å². The first-order chi connectivity index (χ1) is 10.9. The summed E-state index contributed by atoms with van der Waals surface area (Å²) in [6, 6.07) is 8.85. The van der Waals surface area contributed by atoms with Gasteiger partial charge in [-0.1, -0.05) is 36.7 Å². The molecule has 23 heavy (non-hydrogen) atoms. The van der Waals surface area contributed by atoms with Crippen LogP contribution in [0.4, 0.5) is 0 Å². The summed E-state index contributed by atoms with van der Waals surface area (Å²) in [5, 5.41) is 4.56. The molecule has 1 aromatic carbocycles. The Kier molecular flexibility index (Phi) is 5.66. The minimum atomic E-state index is -0.619. The average molecular weight is 337 g/mol. The van der Waals surface area contributed by atoms with Crippen molar-refractivity contribution in [3.8, 4) is 5.75 Å². The number of carbonyl (C=O) groups excluding carboxylic acids is 1. The molecule has 0 radical (unpaired) electrons. The van der Waals surface area contributed by atoms with E-state index in [1.54, 1.807) is 43.1 Å². The van der Waals surface area contributed by atoms with Crippen LogP contribution in [0.5, 0.6) is 5.75 Å². The van der Waals surface area contributed by atoms with Gasteiger partial charge in [0.05, 0.1) is 12.2 Å². The van der Waals surface area contributed by atoms with Crippen LogP contribution < -0.4 is 4.74 Å². The largest absolute Gasteiger partial charge is 0.481 e. The Morgan fingerprint density at radius 2 is 2.09 bits per heavy atom. The Bertz CT molecular complexity index is 669. The van der Waals surface area contributed by atoms with Crippen LogP contribution in [0.2, 0.25) is 5.02 Å². The summed E-state index contributed by atoms with van der Waals surface area (Å²) in [5.74, 6) is 1.36. The standard InChI is InChI=1S/C17H21ClN2O3/c1-11(2)16-9-15(23-19-16)10-20(4)17(21)12(3)22-14-7-5-6-13(18)8-14/h5-9,11-12H,10H2,1-4H3/t12-/m0/s1. The summed E-state index contributed by atoms with van der Waals surface area (Å²) in [4.78, 5) is 13.9. The third-order valence-corrected chi connectivity index (χ3v) is 3.63. The van der Waals surface area contributed by atoms with Gasteiger partial charge in [-0.3, -0.25) is 4.79 Å². The van der Waals surface area contributed by atoms with Crippen molar-refractivity contribution in [3.63, 3.8) is 0 Å². The van der Waals surface area contributed by atoms with Crippen LogP contribution in [-0.2, 0) is 11.3 Å². The van der Waals surface area contributed by atoms with Gasteiger partial charge in [0, 0.05) is 18.1 Å². The molecule has 1 aromatic heterocycles. The zero-order valence-corrected chi connectivity index (χ0v) is 14.5. The summed E-state index contributed by atoms with van der Waals surface area (Å²) >= 11 is 5.91. The Labute approximate surface area is 141 Å². The second kappa shape index (κ2) is 7.51. The number of amides is 1. The number of likely N-dealkylation sites (N-methyl/N-ethyl adjacent to an activating group) is 1. The fourth-order valence-corrected chi connectivity index (χ4v) is 2.27. The molecular formula is C17H21ClN2O3. The molecule has 124 valence electrons. The van der Waals surface area contributed by atoms with E-state index in [0.717, 1.165) is 5.69 Å². The number of ether oxygens (including phenoxy) is 1. The van der Waals surface area contributed by atoms with E-state index in [4.69, 9.17) is 20.9 Å². The molecule has 0 unspecified atom stereocenters. The molecule has 0 bridgehead atoms. The van der Waals surface area contributed by atoms with Crippen molar-refractivity contribution >= 4 is 17.5 Å². The maximum Gasteiger partial charge on any atom is 0.263 e. The zero-order chi connectivity index (χ0) is 17.0. The number of nitrogens with zero attached hydrogens (tertiary/aromatic N) is 2. The van der Waals surface area contributed by atoms with Crippen molar-refractivity contribution in [1.29, 1.82) is 0 Å². The van der Waals surface area contributed by atoms with E-state index in [1.165, 1.54) is 0 Å². The monoisotopic (exact) mass is 336 g/mol. The molecule has 2 aromatic rings. The topological polar surface area (TPSA) is 55.6 Å². The first-order valence-corrected chi connectivity index (χ1v) is 7.87. The zero-order valence-electron chi connectivity index (χ0n) is 13.7. The van der Waals surface area contributed by atoms with Crippen molar-refractivity contribution in [2.24, 2.45) is 0 Å². The molecule has 0 aliphatic heterocycles. The number of benzene rings is 1. The second-order valence-corrected chi connectivity index (χ2v) is 6.22. The molecule has 1 amide bonds. The van der Waals surface area contributed by atoms with Gasteiger partial charge in [0.1, 0.15) is 5.75 Å². The van der Waals surface area contributed by atoms with Gasteiger partial charge < -0.3 is 14.2 Å². The molecular weight excluding hydrogens is 316 g/mol. The lowest BCUT2D eigenvalue weighted by Gasteiger charge is -2.21. The predicted molar refractivity (Wildman–Crippen MR) is 88.6 cm³/mol. The highest BCUT2D eigenvalue weighted by molar-refractivity contribution is 6.30. The van der Waals surface area contributed by atoms with Crippen molar-refractivity contribution < 1.29 is 14.1 Å². The Balaban J connectivity index is 1.95. The van der Waals surface area contributed by atoms with Crippen LogP contribution in [0.15, 0.2) is 34.9 Å². The molecule has 0 aliphatic carbocycles. The molecule has 1 heterocycles. The Morgan fingerprint density at radius 1 is 1.35 bits per heavy atom. The SMILES string of the molecule is CC(C)c1cc(CN(C)C(=O)[C@H](C)Oc2cccc(Cl)c2)on1. The van der Waals surface area contributed by atoms with Gasteiger partial charge in [0.2, 0.25) is 0 Å². The smallest absolute Gasteiger partial charge is 0.263 e. The fourth-order valence-electron chi connectivity index (χ4n) is 2.09. The first kappa shape index (κ1) is 17.3. The fraction of sp³-hybridized carbons (Fsp3) is 0.412. The first-order valence-electron chi connectivity index (χ1n) is 7.49. The summed E-state index contributed by atoms with van der Waals surface area (Å²) in [6.45, 7) is 6.14. The molecule has 0 saturated heterocycles. The van der Waals surface area contributed by atoms with Gasteiger partial charge in [-0.25, -0.2) is 0 Å². The molecule has 0 spiro atoms. The van der Waals surface area contributed by atoms with Gasteiger partial charge in [0.25, 0.3) is 5.91 Å². The molecule has 2 rings (SSSR count). The second-order valence-electron chi connectivity index (χ2n) is 5.78. The third-order valence-electron chi connectivity index (χ3n) is 3.39. The van der Waals surface area contributed by atoms with E-state index in [2.05, 4.69) is 5.16 Å².